The van der Waals surface area contributed by atoms with E-state index in [1.54, 1.807) is 20.1 Å². The molecule has 2 aromatic carbocycles. The van der Waals surface area contributed by atoms with E-state index in [2.05, 4.69) is 16.9 Å². The molecule has 1 aliphatic carbocycles. The Morgan fingerprint density at radius 1 is 1.04 bits per heavy atom. The summed E-state index contributed by atoms with van der Waals surface area (Å²) < 4.78 is 34.5. The first-order valence-corrected chi connectivity index (χ1v) is 11.0. The lowest BCUT2D eigenvalue weighted by Crippen LogP contribution is -2.27. The van der Waals surface area contributed by atoms with E-state index in [0.29, 0.717) is 10.5 Å². The Kier molecular flexibility index (Phi) is 5.63. The highest BCUT2D eigenvalue weighted by Gasteiger charge is 2.24. The van der Waals surface area contributed by atoms with Crippen molar-refractivity contribution in [2.75, 3.05) is 7.11 Å². The van der Waals surface area contributed by atoms with Crippen molar-refractivity contribution in [2.45, 2.75) is 63.8 Å². The third-order valence-corrected chi connectivity index (χ3v) is 7.08. The molecule has 0 amide bonds. The van der Waals surface area contributed by atoms with Crippen molar-refractivity contribution in [2.24, 2.45) is 0 Å². The molecule has 5 heteroatoms. The molecule has 4 nitrogen and oxygen atoms in total. The molecule has 0 spiro atoms. The highest BCUT2D eigenvalue weighted by molar-refractivity contribution is 7.89. The molecular weight excluding hydrogens is 358 g/mol. The van der Waals surface area contributed by atoms with Crippen LogP contribution in [0.25, 0.3) is 0 Å². The van der Waals surface area contributed by atoms with Gasteiger partial charge < -0.3 is 4.74 Å². The fourth-order valence-corrected chi connectivity index (χ4v) is 5.31. The van der Waals surface area contributed by atoms with Gasteiger partial charge in [-0.2, -0.15) is 0 Å². The van der Waals surface area contributed by atoms with Gasteiger partial charge in [0.05, 0.1) is 12.0 Å². The number of hydrogen-bond donors (Lipinski definition) is 1. The molecule has 0 fully saturated rings. The Hall–Kier alpha value is -1.85. The number of hydrogen-bond acceptors (Lipinski definition) is 3. The van der Waals surface area contributed by atoms with Gasteiger partial charge in [-0.05, 0) is 79.0 Å². The van der Waals surface area contributed by atoms with Crippen LogP contribution < -0.4 is 9.46 Å². The predicted molar refractivity (Wildman–Crippen MR) is 109 cm³/mol. The van der Waals surface area contributed by atoms with Gasteiger partial charge in [-0.15, -0.1) is 0 Å². The highest BCUT2D eigenvalue weighted by atomic mass is 32.2. The zero-order valence-corrected chi connectivity index (χ0v) is 17.6. The smallest absolute Gasteiger partial charge is 0.241 e. The van der Waals surface area contributed by atoms with Crippen LogP contribution in [-0.4, -0.2) is 15.5 Å². The van der Waals surface area contributed by atoms with Crippen LogP contribution in [0.1, 0.15) is 67.0 Å². The van der Waals surface area contributed by atoms with Crippen molar-refractivity contribution < 1.29 is 13.2 Å². The maximum atomic E-state index is 13.1. The second-order valence-electron chi connectivity index (χ2n) is 7.74. The van der Waals surface area contributed by atoms with Gasteiger partial charge in [-0.3, -0.25) is 0 Å². The summed E-state index contributed by atoms with van der Waals surface area (Å²) in [5.41, 5.74) is 5.33. The van der Waals surface area contributed by atoms with Crippen LogP contribution in [0.5, 0.6) is 5.75 Å². The molecule has 0 saturated carbocycles. The van der Waals surface area contributed by atoms with Gasteiger partial charge in [0, 0.05) is 6.04 Å². The fourth-order valence-electron chi connectivity index (χ4n) is 3.82. The minimum absolute atomic E-state index is 0.170. The first kappa shape index (κ1) is 19.9. The summed E-state index contributed by atoms with van der Waals surface area (Å²) in [7, 11) is -2.02. The van der Waals surface area contributed by atoms with Crippen LogP contribution in [-0.2, 0) is 22.9 Å². The molecule has 1 N–H and O–H groups in total. The van der Waals surface area contributed by atoms with E-state index >= 15 is 0 Å². The van der Waals surface area contributed by atoms with E-state index < -0.39 is 10.0 Å². The SMILES string of the molecule is COc1cc(C)c(S(=O)(=O)N[C@H](C)c2ccc3c(c2)CCC3)cc1C(C)C. The lowest BCUT2D eigenvalue weighted by molar-refractivity contribution is 0.406. The number of nitrogens with one attached hydrogen (secondary N) is 1. The van der Waals surface area contributed by atoms with Crippen LogP contribution in [0, 0.1) is 6.92 Å². The van der Waals surface area contributed by atoms with Gasteiger partial charge in [-0.1, -0.05) is 32.0 Å². The van der Waals surface area contributed by atoms with Crippen molar-refractivity contribution in [3.63, 3.8) is 0 Å². The molecule has 0 unspecified atom stereocenters. The molecule has 0 radical (unpaired) electrons. The number of rotatable bonds is 6. The average Bonchev–Trinajstić information content (AvgIpc) is 3.08. The summed E-state index contributed by atoms with van der Waals surface area (Å²) in [6, 6.07) is 9.59. The van der Waals surface area contributed by atoms with Crippen molar-refractivity contribution in [3.8, 4) is 5.75 Å². The first-order valence-electron chi connectivity index (χ1n) is 9.55. The van der Waals surface area contributed by atoms with E-state index in [1.807, 2.05) is 32.9 Å². The van der Waals surface area contributed by atoms with Gasteiger partial charge in [-0.25, -0.2) is 13.1 Å². The predicted octanol–water partition coefficient (Wildman–Crippen LogP) is 4.66. The zero-order valence-electron chi connectivity index (χ0n) is 16.8. The standard InChI is InChI=1S/C22H29NO3S/c1-14(2)20-13-22(15(3)11-21(20)26-5)27(24,25)23-16(4)18-10-9-17-7-6-8-19(17)12-18/h9-14,16,23H,6-8H2,1-5H3/t16-/m1/s1. The van der Waals surface area contributed by atoms with Crippen LogP contribution in [0.15, 0.2) is 35.2 Å². The Morgan fingerprint density at radius 2 is 1.74 bits per heavy atom. The van der Waals surface area contributed by atoms with Crippen LogP contribution >= 0.6 is 0 Å². The normalized spacial score (nSPS) is 15.0. The average molecular weight is 388 g/mol. The second-order valence-corrected chi connectivity index (χ2v) is 9.42. The molecule has 0 heterocycles. The van der Waals surface area contributed by atoms with Gasteiger partial charge in [0.25, 0.3) is 0 Å². The third kappa shape index (κ3) is 4.04. The van der Waals surface area contributed by atoms with Crippen LogP contribution in [0.3, 0.4) is 0 Å². The molecule has 1 aliphatic rings. The lowest BCUT2D eigenvalue weighted by atomic mass is 10.0. The Labute approximate surface area is 163 Å². The van der Waals surface area contributed by atoms with Gasteiger partial charge >= 0.3 is 0 Å². The quantitative estimate of drug-likeness (QED) is 0.785. The van der Waals surface area contributed by atoms with Crippen LogP contribution in [0.2, 0.25) is 0 Å². The lowest BCUT2D eigenvalue weighted by Gasteiger charge is -2.19. The van der Waals surface area contributed by atoms with Crippen LogP contribution in [0.4, 0.5) is 0 Å². The molecular formula is C22H29NO3S. The van der Waals surface area contributed by atoms with Gasteiger partial charge in [0.15, 0.2) is 0 Å². The summed E-state index contributed by atoms with van der Waals surface area (Å²) in [4.78, 5) is 0.319. The Bertz CT molecular complexity index is 948. The number of methoxy groups -OCH3 is 1. The van der Waals surface area contributed by atoms with Crippen molar-refractivity contribution in [3.05, 3.63) is 58.1 Å². The van der Waals surface area contributed by atoms with E-state index in [4.69, 9.17) is 4.74 Å². The number of ether oxygens (including phenoxy) is 1. The summed E-state index contributed by atoms with van der Waals surface area (Å²) in [6.07, 6.45) is 3.39. The summed E-state index contributed by atoms with van der Waals surface area (Å²) in [6.45, 7) is 7.77. The van der Waals surface area contributed by atoms with E-state index in [9.17, 15) is 8.42 Å². The van der Waals surface area contributed by atoms with Crippen molar-refractivity contribution >= 4 is 10.0 Å². The van der Waals surface area contributed by atoms with Gasteiger partial charge in [0.1, 0.15) is 5.75 Å². The Balaban J connectivity index is 1.91. The molecule has 27 heavy (non-hydrogen) atoms. The fraction of sp³-hybridized carbons (Fsp3) is 0.455. The maximum Gasteiger partial charge on any atom is 0.241 e. The number of benzene rings is 2. The minimum atomic E-state index is -3.64. The minimum Gasteiger partial charge on any atom is -0.496 e. The molecule has 0 aliphatic heterocycles. The number of fused-ring (bicyclic) bond motifs is 1. The molecule has 146 valence electrons. The van der Waals surface area contributed by atoms with E-state index in [1.165, 1.54) is 17.5 Å². The largest absolute Gasteiger partial charge is 0.496 e. The highest BCUT2D eigenvalue weighted by Crippen LogP contribution is 2.32. The van der Waals surface area contributed by atoms with Crippen molar-refractivity contribution in [1.29, 1.82) is 0 Å². The number of aryl methyl sites for hydroxylation is 3. The molecule has 0 bridgehead atoms. The molecule has 0 aromatic heterocycles. The molecule has 2 aromatic rings. The number of sulfonamides is 1. The maximum absolute atomic E-state index is 13.1. The van der Waals surface area contributed by atoms with Crippen molar-refractivity contribution in [1.82, 2.24) is 4.72 Å². The first-order chi connectivity index (χ1) is 12.7. The van der Waals surface area contributed by atoms with E-state index in [-0.39, 0.29) is 12.0 Å². The molecule has 3 rings (SSSR count). The Morgan fingerprint density at radius 3 is 2.41 bits per heavy atom. The van der Waals surface area contributed by atoms with E-state index in [0.717, 1.165) is 29.7 Å². The molecule has 1 atom stereocenters. The monoisotopic (exact) mass is 387 g/mol. The molecule has 0 saturated heterocycles. The third-order valence-electron chi connectivity index (χ3n) is 5.39. The summed E-state index contributed by atoms with van der Waals surface area (Å²) >= 11 is 0. The second kappa shape index (κ2) is 7.64. The summed E-state index contributed by atoms with van der Waals surface area (Å²) in [5.74, 6) is 0.900. The topological polar surface area (TPSA) is 55.4 Å². The summed E-state index contributed by atoms with van der Waals surface area (Å²) in [5, 5.41) is 0. The zero-order chi connectivity index (χ0) is 19.8. The van der Waals surface area contributed by atoms with Gasteiger partial charge in [0.2, 0.25) is 10.0 Å².